The molecule has 0 bridgehead atoms. The highest BCUT2D eigenvalue weighted by Crippen LogP contribution is 2.12. The van der Waals surface area contributed by atoms with Crippen LogP contribution in [0.2, 0.25) is 0 Å². The quantitative estimate of drug-likeness (QED) is 0.712. The number of thioether (sulfide) groups is 1. The average molecular weight is 301 g/mol. The van der Waals surface area contributed by atoms with Gasteiger partial charge < -0.3 is 15.2 Å². The number of hydrogen-bond acceptors (Lipinski definition) is 4. The van der Waals surface area contributed by atoms with Gasteiger partial charge in [-0.05, 0) is 24.3 Å². The van der Waals surface area contributed by atoms with Crippen LogP contribution in [0.3, 0.4) is 0 Å². The highest BCUT2D eigenvalue weighted by atomic mass is 32.2. The first-order chi connectivity index (χ1) is 9.49. The van der Waals surface area contributed by atoms with Gasteiger partial charge in [-0.3, -0.25) is 4.79 Å². The fourth-order valence-corrected chi connectivity index (χ4v) is 2.20. The zero-order valence-corrected chi connectivity index (χ0v) is 11.8. The lowest BCUT2D eigenvalue weighted by atomic mass is 10.3. The van der Waals surface area contributed by atoms with Crippen LogP contribution in [-0.2, 0) is 9.59 Å². The van der Waals surface area contributed by atoms with Gasteiger partial charge in [-0.25, -0.2) is 9.18 Å². The summed E-state index contributed by atoms with van der Waals surface area (Å²) in [6, 6.07) is 4.76. The Labute approximate surface area is 120 Å². The maximum atomic E-state index is 12.6. The number of carboxylic acids is 1. The average Bonchev–Trinajstić information content (AvgIpc) is 2.38. The normalized spacial score (nSPS) is 11.7. The first-order valence-electron chi connectivity index (χ1n) is 5.95. The number of nitrogens with one attached hydrogen (secondary N) is 1. The van der Waals surface area contributed by atoms with E-state index in [0.717, 1.165) is 0 Å². The van der Waals surface area contributed by atoms with Crippen molar-refractivity contribution in [1.29, 1.82) is 0 Å². The van der Waals surface area contributed by atoms with Crippen molar-refractivity contribution >= 4 is 23.6 Å². The van der Waals surface area contributed by atoms with E-state index in [2.05, 4.69) is 5.32 Å². The largest absolute Gasteiger partial charge is 0.493 e. The molecular weight excluding hydrogens is 285 g/mol. The lowest BCUT2D eigenvalue weighted by Crippen LogP contribution is -2.41. The first kappa shape index (κ1) is 16.3. The molecule has 1 rings (SSSR count). The molecule has 0 aromatic heterocycles. The number of benzene rings is 1. The Morgan fingerprint density at radius 3 is 2.60 bits per heavy atom. The van der Waals surface area contributed by atoms with Gasteiger partial charge in [-0.2, -0.15) is 11.8 Å². The second-order valence-electron chi connectivity index (χ2n) is 3.97. The summed E-state index contributed by atoms with van der Waals surface area (Å²) in [5, 5.41) is 11.2. The Morgan fingerprint density at radius 2 is 2.05 bits per heavy atom. The third-order valence-corrected chi connectivity index (χ3v) is 3.29. The monoisotopic (exact) mass is 301 g/mol. The van der Waals surface area contributed by atoms with Gasteiger partial charge in [0.1, 0.15) is 17.6 Å². The van der Waals surface area contributed by atoms with Gasteiger partial charge in [-0.1, -0.05) is 0 Å². The predicted molar refractivity (Wildman–Crippen MR) is 74.5 cm³/mol. The van der Waals surface area contributed by atoms with E-state index in [0.29, 0.717) is 18.1 Å². The number of hydrogen-bond donors (Lipinski definition) is 2. The smallest absolute Gasteiger partial charge is 0.327 e. The minimum Gasteiger partial charge on any atom is -0.493 e. The summed E-state index contributed by atoms with van der Waals surface area (Å²) in [6.45, 7) is 1.65. The molecule has 0 saturated carbocycles. The Morgan fingerprint density at radius 1 is 1.40 bits per heavy atom. The van der Waals surface area contributed by atoms with Crippen molar-refractivity contribution in [3.05, 3.63) is 30.1 Å². The summed E-state index contributed by atoms with van der Waals surface area (Å²) in [5.74, 6) is -0.370. The number of rotatable bonds is 8. The van der Waals surface area contributed by atoms with E-state index in [1.54, 1.807) is 0 Å². The van der Waals surface area contributed by atoms with E-state index in [-0.39, 0.29) is 17.5 Å². The second kappa shape index (κ2) is 8.42. The van der Waals surface area contributed by atoms with Crippen molar-refractivity contribution in [2.24, 2.45) is 0 Å². The zero-order valence-electron chi connectivity index (χ0n) is 11.0. The van der Waals surface area contributed by atoms with E-state index in [9.17, 15) is 14.0 Å². The summed E-state index contributed by atoms with van der Waals surface area (Å²) in [6.07, 6.45) is 0. The summed E-state index contributed by atoms with van der Waals surface area (Å²) in [4.78, 5) is 21.7. The highest BCUT2D eigenvalue weighted by Gasteiger charge is 2.17. The fourth-order valence-electron chi connectivity index (χ4n) is 1.37. The van der Waals surface area contributed by atoms with Crippen molar-refractivity contribution in [3.63, 3.8) is 0 Å². The fraction of sp³-hybridized carbons (Fsp3) is 0.385. The highest BCUT2D eigenvalue weighted by molar-refractivity contribution is 7.99. The van der Waals surface area contributed by atoms with Crippen molar-refractivity contribution < 1.29 is 23.8 Å². The number of carboxylic acid groups (broad SMARTS) is 1. The van der Waals surface area contributed by atoms with Crippen molar-refractivity contribution in [3.8, 4) is 5.75 Å². The molecule has 0 aliphatic heterocycles. The van der Waals surface area contributed by atoms with Crippen LogP contribution in [0.4, 0.5) is 4.39 Å². The molecule has 0 aliphatic carbocycles. The van der Waals surface area contributed by atoms with E-state index in [1.165, 1.54) is 43.0 Å². The van der Waals surface area contributed by atoms with Gasteiger partial charge >= 0.3 is 5.97 Å². The molecule has 1 aromatic rings. The SMILES string of the molecule is CC(=O)NC(CSCCOc1ccc(F)cc1)C(=O)O. The Hall–Kier alpha value is -1.76. The van der Waals surface area contributed by atoms with Crippen molar-refractivity contribution in [1.82, 2.24) is 5.32 Å². The molecule has 1 unspecified atom stereocenters. The van der Waals surface area contributed by atoms with Gasteiger partial charge in [-0.15, -0.1) is 0 Å². The van der Waals surface area contributed by atoms with Crippen LogP contribution >= 0.6 is 11.8 Å². The van der Waals surface area contributed by atoms with Gasteiger partial charge in [0.15, 0.2) is 0 Å². The molecule has 1 aromatic carbocycles. The van der Waals surface area contributed by atoms with E-state index >= 15 is 0 Å². The lowest BCUT2D eigenvalue weighted by molar-refractivity contribution is -0.140. The van der Waals surface area contributed by atoms with Gasteiger partial charge in [0, 0.05) is 18.4 Å². The molecule has 5 nitrogen and oxygen atoms in total. The Balaban J connectivity index is 2.21. The molecule has 1 atom stereocenters. The summed E-state index contributed by atoms with van der Waals surface area (Å²) >= 11 is 1.36. The van der Waals surface area contributed by atoms with Crippen LogP contribution in [0, 0.1) is 5.82 Å². The molecule has 1 amide bonds. The van der Waals surface area contributed by atoms with E-state index < -0.39 is 12.0 Å². The minimum absolute atomic E-state index is 0.266. The van der Waals surface area contributed by atoms with Crippen LogP contribution in [0.5, 0.6) is 5.75 Å². The third kappa shape index (κ3) is 6.42. The Bertz CT molecular complexity index is 452. The molecule has 7 heteroatoms. The maximum absolute atomic E-state index is 12.6. The predicted octanol–water partition coefficient (Wildman–Crippen LogP) is 1.53. The molecule has 0 fully saturated rings. The van der Waals surface area contributed by atoms with Crippen LogP contribution in [0.25, 0.3) is 0 Å². The van der Waals surface area contributed by atoms with Gasteiger partial charge in [0.2, 0.25) is 5.91 Å². The molecule has 0 aliphatic rings. The maximum Gasteiger partial charge on any atom is 0.327 e. The number of ether oxygens (including phenoxy) is 1. The first-order valence-corrected chi connectivity index (χ1v) is 7.10. The minimum atomic E-state index is -1.06. The van der Waals surface area contributed by atoms with E-state index in [1.807, 2.05) is 0 Å². The third-order valence-electron chi connectivity index (χ3n) is 2.27. The van der Waals surface area contributed by atoms with Crippen LogP contribution in [-0.4, -0.2) is 41.1 Å². The molecule has 0 spiro atoms. The summed E-state index contributed by atoms with van der Waals surface area (Å²) in [5.41, 5.74) is 0. The standard InChI is InChI=1S/C13H16FNO4S/c1-9(16)15-12(13(17)18)8-20-7-6-19-11-4-2-10(14)3-5-11/h2-5,12H,6-8H2,1H3,(H,15,16)(H,17,18). The molecule has 2 N–H and O–H groups in total. The molecule has 0 radical (unpaired) electrons. The molecular formula is C13H16FNO4S. The molecule has 0 saturated heterocycles. The van der Waals surface area contributed by atoms with Gasteiger partial charge in [0.05, 0.1) is 6.61 Å². The lowest BCUT2D eigenvalue weighted by Gasteiger charge is -2.12. The molecule has 20 heavy (non-hydrogen) atoms. The number of aliphatic carboxylic acids is 1. The topological polar surface area (TPSA) is 75.6 Å². The second-order valence-corrected chi connectivity index (χ2v) is 5.12. The van der Waals surface area contributed by atoms with Crippen LogP contribution < -0.4 is 10.1 Å². The van der Waals surface area contributed by atoms with Crippen LogP contribution in [0.15, 0.2) is 24.3 Å². The van der Waals surface area contributed by atoms with Crippen molar-refractivity contribution in [2.45, 2.75) is 13.0 Å². The van der Waals surface area contributed by atoms with E-state index in [4.69, 9.17) is 9.84 Å². The zero-order chi connectivity index (χ0) is 15.0. The van der Waals surface area contributed by atoms with Crippen molar-refractivity contribution in [2.75, 3.05) is 18.1 Å². The number of carbonyl (C=O) groups is 2. The summed E-state index contributed by atoms with van der Waals surface area (Å²) < 4.78 is 18.0. The number of amides is 1. The summed E-state index contributed by atoms with van der Waals surface area (Å²) in [7, 11) is 0. The molecule has 110 valence electrons. The molecule has 0 heterocycles. The number of carbonyl (C=O) groups excluding carboxylic acids is 1. The van der Waals surface area contributed by atoms with Gasteiger partial charge in [0.25, 0.3) is 0 Å². The number of halogens is 1. The van der Waals surface area contributed by atoms with Crippen LogP contribution in [0.1, 0.15) is 6.92 Å². The Kier molecular flexibility index (Phi) is 6.86.